The Morgan fingerprint density at radius 2 is 2.18 bits per heavy atom. The van der Waals surface area contributed by atoms with Gasteiger partial charge in [0.25, 0.3) is 0 Å². The number of aryl methyl sites for hydroxylation is 1. The second-order valence-corrected chi connectivity index (χ2v) is 5.58. The lowest BCUT2D eigenvalue weighted by Crippen LogP contribution is -2.08. The Kier molecular flexibility index (Phi) is 5.56. The van der Waals surface area contributed by atoms with Gasteiger partial charge in [-0.2, -0.15) is 11.8 Å². The Morgan fingerprint density at radius 3 is 2.76 bits per heavy atom. The fourth-order valence-electron chi connectivity index (χ4n) is 1.44. The van der Waals surface area contributed by atoms with E-state index in [-0.39, 0.29) is 5.78 Å². The molecule has 0 spiro atoms. The maximum atomic E-state index is 12.1. The number of ether oxygens (including phenoxy) is 1. The van der Waals surface area contributed by atoms with Crippen molar-refractivity contribution in [1.29, 1.82) is 0 Å². The van der Waals surface area contributed by atoms with Gasteiger partial charge in [-0.15, -0.1) is 0 Å². The van der Waals surface area contributed by atoms with Gasteiger partial charge in [0.2, 0.25) is 0 Å². The Balaban J connectivity index is 2.75. The summed E-state index contributed by atoms with van der Waals surface area (Å²) in [5.74, 6) is 1.35. The highest BCUT2D eigenvalue weighted by Gasteiger charge is 2.13. The predicted molar refractivity (Wildman–Crippen MR) is 74.3 cm³/mol. The molecule has 17 heavy (non-hydrogen) atoms. The fraction of sp³-hybridized carbons (Fsp3) is 0.500. The van der Waals surface area contributed by atoms with Crippen LogP contribution in [0.1, 0.15) is 36.2 Å². The number of ketones is 1. The molecule has 0 saturated carbocycles. The number of benzene rings is 1. The minimum absolute atomic E-state index is 0.146. The molecule has 0 saturated heterocycles. The van der Waals surface area contributed by atoms with Crippen molar-refractivity contribution >= 4 is 17.5 Å². The molecule has 0 heterocycles. The zero-order chi connectivity index (χ0) is 12.8. The van der Waals surface area contributed by atoms with E-state index in [1.165, 1.54) is 0 Å². The van der Waals surface area contributed by atoms with Crippen LogP contribution in [0.4, 0.5) is 0 Å². The molecule has 0 fully saturated rings. The summed E-state index contributed by atoms with van der Waals surface area (Å²) >= 11 is 1.70. The van der Waals surface area contributed by atoms with Gasteiger partial charge in [0.05, 0.1) is 18.4 Å². The van der Waals surface area contributed by atoms with Crippen LogP contribution < -0.4 is 4.74 Å². The second-order valence-electron chi connectivity index (χ2n) is 4.16. The van der Waals surface area contributed by atoms with Crippen LogP contribution >= 0.6 is 11.8 Å². The standard InChI is InChI=1S/C14H20O2S/c1-5-11(3)17-9-13(15)12-7-6-10(2)8-14(12)16-4/h6-8,11H,5,9H2,1-4H3. The van der Waals surface area contributed by atoms with E-state index in [4.69, 9.17) is 4.74 Å². The average molecular weight is 252 g/mol. The molecule has 0 aliphatic carbocycles. The number of hydrogen-bond acceptors (Lipinski definition) is 3. The zero-order valence-corrected chi connectivity index (χ0v) is 11.8. The van der Waals surface area contributed by atoms with Gasteiger partial charge in [-0.25, -0.2) is 0 Å². The highest BCUT2D eigenvalue weighted by Crippen LogP contribution is 2.23. The largest absolute Gasteiger partial charge is 0.496 e. The molecule has 0 aliphatic heterocycles. The van der Waals surface area contributed by atoms with Gasteiger partial charge < -0.3 is 4.74 Å². The molecule has 0 bridgehead atoms. The van der Waals surface area contributed by atoms with Gasteiger partial charge in [-0.3, -0.25) is 4.79 Å². The topological polar surface area (TPSA) is 26.3 Å². The van der Waals surface area contributed by atoms with E-state index in [1.807, 2.05) is 25.1 Å². The monoisotopic (exact) mass is 252 g/mol. The molecule has 2 nitrogen and oxygen atoms in total. The van der Waals surface area contributed by atoms with Crippen LogP contribution in [0.25, 0.3) is 0 Å². The smallest absolute Gasteiger partial charge is 0.176 e. The first-order valence-electron chi connectivity index (χ1n) is 5.88. The summed E-state index contributed by atoms with van der Waals surface area (Å²) in [6.45, 7) is 6.27. The van der Waals surface area contributed by atoms with Gasteiger partial charge in [-0.05, 0) is 31.0 Å². The van der Waals surface area contributed by atoms with Crippen molar-refractivity contribution in [2.24, 2.45) is 0 Å². The number of thioether (sulfide) groups is 1. The highest BCUT2D eigenvalue weighted by molar-refractivity contribution is 8.00. The van der Waals surface area contributed by atoms with E-state index < -0.39 is 0 Å². The van der Waals surface area contributed by atoms with Crippen molar-refractivity contribution in [2.45, 2.75) is 32.4 Å². The quantitative estimate of drug-likeness (QED) is 0.722. The zero-order valence-electron chi connectivity index (χ0n) is 10.9. The van der Waals surface area contributed by atoms with E-state index in [2.05, 4.69) is 13.8 Å². The maximum Gasteiger partial charge on any atom is 0.176 e. The van der Waals surface area contributed by atoms with Crippen LogP contribution in [-0.2, 0) is 0 Å². The Hall–Kier alpha value is -0.960. The number of rotatable bonds is 6. The number of hydrogen-bond donors (Lipinski definition) is 0. The molecule has 94 valence electrons. The second kappa shape index (κ2) is 6.70. The molecule has 1 atom stereocenters. The third-order valence-electron chi connectivity index (χ3n) is 2.73. The van der Waals surface area contributed by atoms with E-state index in [0.717, 1.165) is 12.0 Å². The Labute approximate surface area is 108 Å². The van der Waals surface area contributed by atoms with E-state index >= 15 is 0 Å². The molecule has 0 aliphatic rings. The summed E-state index contributed by atoms with van der Waals surface area (Å²) in [5, 5.41) is 0.524. The summed E-state index contributed by atoms with van der Waals surface area (Å²) in [5.41, 5.74) is 1.79. The van der Waals surface area contributed by atoms with Crippen molar-refractivity contribution in [1.82, 2.24) is 0 Å². The predicted octanol–water partition coefficient (Wildman–Crippen LogP) is 3.72. The minimum Gasteiger partial charge on any atom is -0.496 e. The van der Waals surface area contributed by atoms with Gasteiger partial charge in [0.15, 0.2) is 5.78 Å². The molecule has 1 rings (SSSR count). The van der Waals surface area contributed by atoms with Crippen molar-refractivity contribution in [3.05, 3.63) is 29.3 Å². The molecule has 0 aromatic heterocycles. The fourth-order valence-corrected chi connectivity index (χ4v) is 2.27. The summed E-state index contributed by atoms with van der Waals surface area (Å²) in [4.78, 5) is 12.1. The number of carbonyl (C=O) groups excluding carboxylic acids is 1. The van der Waals surface area contributed by atoms with Gasteiger partial charge in [0, 0.05) is 5.25 Å². The van der Waals surface area contributed by atoms with Crippen LogP contribution in [0, 0.1) is 6.92 Å². The molecular formula is C14H20O2S. The van der Waals surface area contributed by atoms with Crippen LogP contribution in [0.15, 0.2) is 18.2 Å². The summed E-state index contributed by atoms with van der Waals surface area (Å²) in [6.07, 6.45) is 1.09. The van der Waals surface area contributed by atoms with E-state index in [9.17, 15) is 4.79 Å². The van der Waals surface area contributed by atoms with Crippen molar-refractivity contribution < 1.29 is 9.53 Å². The maximum absolute atomic E-state index is 12.1. The van der Waals surface area contributed by atoms with Crippen molar-refractivity contribution in [3.8, 4) is 5.75 Å². The molecule has 1 aromatic rings. The molecule has 1 unspecified atom stereocenters. The number of carbonyl (C=O) groups is 1. The third-order valence-corrected chi connectivity index (χ3v) is 4.06. The summed E-state index contributed by atoms with van der Waals surface area (Å²) in [7, 11) is 1.60. The molecular weight excluding hydrogens is 232 g/mol. The molecule has 3 heteroatoms. The lowest BCUT2D eigenvalue weighted by atomic mass is 10.1. The minimum atomic E-state index is 0.146. The lowest BCUT2D eigenvalue weighted by molar-refractivity contribution is 0.101. The van der Waals surface area contributed by atoms with Crippen LogP contribution in [0.2, 0.25) is 0 Å². The Morgan fingerprint density at radius 1 is 1.47 bits per heavy atom. The average Bonchev–Trinajstić information content (AvgIpc) is 2.35. The van der Waals surface area contributed by atoms with Crippen molar-refractivity contribution in [3.63, 3.8) is 0 Å². The Bertz CT molecular complexity index is 388. The van der Waals surface area contributed by atoms with Gasteiger partial charge in [-0.1, -0.05) is 19.9 Å². The summed E-state index contributed by atoms with van der Waals surface area (Å²) in [6, 6.07) is 5.71. The van der Waals surface area contributed by atoms with Gasteiger partial charge in [0.1, 0.15) is 5.75 Å². The third kappa shape index (κ3) is 4.08. The number of methoxy groups -OCH3 is 1. The summed E-state index contributed by atoms with van der Waals surface area (Å²) < 4.78 is 5.25. The molecule has 0 radical (unpaired) electrons. The van der Waals surface area contributed by atoms with Crippen LogP contribution in [0.5, 0.6) is 5.75 Å². The first-order valence-corrected chi connectivity index (χ1v) is 6.92. The lowest BCUT2D eigenvalue weighted by Gasteiger charge is -2.10. The highest BCUT2D eigenvalue weighted by atomic mass is 32.2. The molecule has 0 amide bonds. The number of Topliss-reactive ketones (excluding diaryl/α,β-unsaturated/α-hetero) is 1. The first kappa shape index (κ1) is 14.1. The van der Waals surface area contributed by atoms with E-state index in [1.54, 1.807) is 18.9 Å². The van der Waals surface area contributed by atoms with Crippen LogP contribution in [0.3, 0.4) is 0 Å². The van der Waals surface area contributed by atoms with Crippen LogP contribution in [-0.4, -0.2) is 23.9 Å². The SMILES string of the molecule is CCC(C)SCC(=O)c1ccc(C)cc1OC. The van der Waals surface area contributed by atoms with E-state index in [0.29, 0.717) is 22.3 Å². The first-order chi connectivity index (χ1) is 8.08. The van der Waals surface area contributed by atoms with Gasteiger partial charge >= 0.3 is 0 Å². The molecule has 1 aromatic carbocycles. The normalized spacial score (nSPS) is 12.2. The van der Waals surface area contributed by atoms with Crippen molar-refractivity contribution in [2.75, 3.05) is 12.9 Å². The molecule has 0 N–H and O–H groups in total.